The van der Waals surface area contributed by atoms with Crippen molar-refractivity contribution in [2.75, 3.05) is 13.7 Å². The van der Waals surface area contributed by atoms with Crippen LogP contribution in [0.4, 0.5) is 35.1 Å². The van der Waals surface area contributed by atoms with Crippen molar-refractivity contribution in [3.05, 3.63) is 70.8 Å². The number of hydrogen-bond acceptors (Lipinski definition) is 3. The Labute approximate surface area is 229 Å². The standard InChI is InChI=1S/C24H23F8NO2.C5H12/c1-35-21(34)13-16-10-11-33(20(12-16)17-4-8-19(9-5-17)23(27,28)29)14-15-2-6-18(7-3-15)22(25,26)24(30,31)32;1-4-5(2)3/h2-9,16,20H,10-14H2,1H3;5H,4H2,1-3H3. The van der Waals surface area contributed by atoms with Gasteiger partial charge in [-0.15, -0.1) is 0 Å². The van der Waals surface area contributed by atoms with Gasteiger partial charge >= 0.3 is 24.2 Å². The first-order valence-electron chi connectivity index (χ1n) is 13.0. The molecule has 2 aromatic rings. The molecule has 3 rings (SSSR count). The van der Waals surface area contributed by atoms with Gasteiger partial charge in [0.05, 0.1) is 12.7 Å². The lowest BCUT2D eigenvalue weighted by Gasteiger charge is -2.40. The molecular weight excluding hydrogens is 546 g/mol. The number of ether oxygens (including phenoxy) is 1. The Bertz CT molecular complexity index is 1060. The predicted molar refractivity (Wildman–Crippen MR) is 135 cm³/mol. The van der Waals surface area contributed by atoms with Gasteiger partial charge in [0.2, 0.25) is 0 Å². The third kappa shape index (κ3) is 9.17. The lowest BCUT2D eigenvalue weighted by atomic mass is 9.84. The smallest absolute Gasteiger partial charge is 0.458 e. The number of likely N-dealkylation sites (tertiary alicyclic amines) is 1. The fourth-order valence-corrected chi connectivity index (χ4v) is 4.24. The molecule has 2 unspecified atom stereocenters. The molecule has 0 amide bonds. The Kier molecular flexibility index (Phi) is 11.5. The number of carbonyl (C=O) groups is 1. The van der Waals surface area contributed by atoms with Crippen LogP contribution >= 0.6 is 0 Å². The summed E-state index contributed by atoms with van der Waals surface area (Å²) in [6.45, 7) is 7.26. The molecule has 0 bridgehead atoms. The molecule has 40 heavy (non-hydrogen) atoms. The molecule has 1 aliphatic heterocycles. The van der Waals surface area contributed by atoms with E-state index in [9.17, 15) is 39.9 Å². The summed E-state index contributed by atoms with van der Waals surface area (Å²) in [7, 11) is 1.26. The zero-order valence-corrected chi connectivity index (χ0v) is 22.9. The van der Waals surface area contributed by atoms with Crippen molar-refractivity contribution >= 4 is 5.97 Å². The van der Waals surface area contributed by atoms with E-state index in [1.165, 1.54) is 37.8 Å². The van der Waals surface area contributed by atoms with Crippen molar-refractivity contribution < 1.29 is 44.7 Å². The lowest BCUT2D eigenvalue weighted by Crippen LogP contribution is -2.37. The molecule has 0 N–H and O–H groups in total. The molecule has 2 atom stereocenters. The molecule has 11 heteroatoms. The molecule has 0 aliphatic carbocycles. The van der Waals surface area contributed by atoms with Crippen LogP contribution in [0.5, 0.6) is 0 Å². The first kappa shape index (κ1) is 33.5. The first-order valence-corrected chi connectivity index (χ1v) is 13.0. The summed E-state index contributed by atoms with van der Waals surface area (Å²) in [6, 6.07) is 8.05. The number of rotatable bonds is 7. The van der Waals surface area contributed by atoms with Crippen molar-refractivity contribution in [1.29, 1.82) is 0 Å². The third-order valence-corrected chi connectivity index (χ3v) is 7.00. The molecule has 1 aliphatic rings. The van der Waals surface area contributed by atoms with Gasteiger partial charge in [-0.05, 0) is 54.5 Å². The average Bonchev–Trinajstić information content (AvgIpc) is 2.89. The van der Waals surface area contributed by atoms with Crippen molar-refractivity contribution in [3.8, 4) is 0 Å². The van der Waals surface area contributed by atoms with Crippen LogP contribution < -0.4 is 0 Å². The van der Waals surface area contributed by atoms with E-state index < -0.39 is 41.4 Å². The molecule has 3 nitrogen and oxygen atoms in total. The average molecular weight is 582 g/mol. The highest BCUT2D eigenvalue weighted by molar-refractivity contribution is 5.69. The van der Waals surface area contributed by atoms with Gasteiger partial charge in [0.25, 0.3) is 0 Å². The van der Waals surface area contributed by atoms with Gasteiger partial charge in [-0.25, -0.2) is 0 Å². The van der Waals surface area contributed by atoms with Crippen LogP contribution in [0, 0.1) is 11.8 Å². The normalized spacial score (nSPS) is 18.7. The molecule has 0 radical (unpaired) electrons. The number of methoxy groups -OCH3 is 1. The summed E-state index contributed by atoms with van der Waals surface area (Å²) in [4.78, 5) is 13.6. The molecule has 0 aromatic heterocycles. The summed E-state index contributed by atoms with van der Waals surface area (Å²) >= 11 is 0. The highest BCUT2D eigenvalue weighted by Gasteiger charge is 2.58. The Morgan fingerprint density at radius 2 is 1.45 bits per heavy atom. The minimum Gasteiger partial charge on any atom is -0.469 e. The second-order valence-electron chi connectivity index (χ2n) is 10.3. The molecular formula is C29H35F8NO2. The summed E-state index contributed by atoms with van der Waals surface area (Å²) in [5.74, 6) is -4.59. The third-order valence-electron chi connectivity index (χ3n) is 7.00. The van der Waals surface area contributed by atoms with Crippen LogP contribution in [0.3, 0.4) is 0 Å². The molecule has 2 aromatic carbocycles. The maximum Gasteiger partial charge on any atom is 0.458 e. The van der Waals surface area contributed by atoms with Gasteiger partial charge < -0.3 is 4.74 Å². The van der Waals surface area contributed by atoms with Crippen LogP contribution in [0.25, 0.3) is 0 Å². The monoisotopic (exact) mass is 581 g/mol. The number of carbonyl (C=O) groups excluding carboxylic acids is 1. The summed E-state index contributed by atoms with van der Waals surface area (Å²) < 4.78 is 109. The van der Waals surface area contributed by atoms with E-state index in [4.69, 9.17) is 4.74 Å². The van der Waals surface area contributed by atoms with Crippen molar-refractivity contribution in [2.24, 2.45) is 11.8 Å². The number of benzene rings is 2. The van der Waals surface area contributed by atoms with E-state index in [0.717, 1.165) is 30.2 Å². The maximum absolute atomic E-state index is 13.6. The number of hydrogen-bond donors (Lipinski definition) is 0. The van der Waals surface area contributed by atoms with E-state index in [1.54, 1.807) is 0 Å². The summed E-state index contributed by atoms with van der Waals surface area (Å²) in [5.41, 5.74) is -0.941. The number of halogens is 8. The van der Waals surface area contributed by atoms with Crippen LogP contribution in [0.1, 0.15) is 74.8 Å². The van der Waals surface area contributed by atoms with Crippen LogP contribution in [-0.4, -0.2) is 30.7 Å². The molecule has 0 saturated carbocycles. The van der Waals surface area contributed by atoms with Crippen molar-refractivity contribution in [2.45, 2.75) is 77.3 Å². The minimum absolute atomic E-state index is 0.0844. The predicted octanol–water partition coefficient (Wildman–Crippen LogP) is 8.93. The summed E-state index contributed by atoms with van der Waals surface area (Å²) in [6.07, 6.45) is -7.76. The molecule has 1 heterocycles. The molecule has 1 saturated heterocycles. The highest BCUT2D eigenvalue weighted by atomic mass is 19.4. The SMILES string of the molecule is CCC(C)C.COC(=O)CC1CCN(Cc2ccc(C(F)(F)C(F)(F)F)cc2)C(c2ccc(C(F)(F)F)cc2)C1. The topological polar surface area (TPSA) is 29.5 Å². The van der Waals surface area contributed by atoms with Gasteiger partial charge in [-0.2, -0.15) is 35.1 Å². The van der Waals surface area contributed by atoms with Gasteiger partial charge in [0.15, 0.2) is 0 Å². The number of alkyl halides is 8. The zero-order chi connectivity index (χ0) is 30.3. The van der Waals surface area contributed by atoms with E-state index in [0.29, 0.717) is 30.5 Å². The zero-order valence-electron chi connectivity index (χ0n) is 22.9. The van der Waals surface area contributed by atoms with Crippen LogP contribution in [-0.2, 0) is 28.2 Å². The highest BCUT2D eigenvalue weighted by Crippen LogP contribution is 2.44. The maximum atomic E-state index is 13.6. The molecule has 224 valence electrons. The van der Waals surface area contributed by atoms with E-state index in [1.807, 2.05) is 4.90 Å². The molecule has 1 fully saturated rings. The summed E-state index contributed by atoms with van der Waals surface area (Å²) in [5, 5.41) is 0. The van der Waals surface area contributed by atoms with Crippen LogP contribution in [0.15, 0.2) is 48.5 Å². The first-order chi connectivity index (χ1) is 18.5. The van der Waals surface area contributed by atoms with E-state index in [2.05, 4.69) is 20.8 Å². The Morgan fingerprint density at radius 1 is 0.925 bits per heavy atom. The van der Waals surface area contributed by atoms with Crippen molar-refractivity contribution in [1.82, 2.24) is 4.90 Å². The number of nitrogens with zero attached hydrogens (tertiary/aromatic N) is 1. The van der Waals surface area contributed by atoms with Gasteiger partial charge in [-0.1, -0.05) is 63.6 Å². The van der Waals surface area contributed by atoms with Gasteiger partial charge in [-0.3, -0.25) is 9.69 Å². The Balaban J connectivity index is 0.00000103. The fraction of sp³-hybridized carbons (Fsp3) is 0.552. The second kappa shape index (κ2) is 13.8. The fourth-order valence-electron chi connectivity index (χ4n) is 4.24. The van der Waals surface area contributed by atoms with Gasteiger partial charge in [0.1, 0.15) is 0 Å². The lowest BCUT2D eigenvalue weighted by molar-refractivity contribution is -0.289. The van der Waals surface area contributed by atoms with E-state index in [-0.39, 0.29) is 18.9 Å². The largest absolute Gasteiger partial charge is 0.469 e. The minimum atomic E-state index is -5.72. The Hall–Kier alpha value is -2.69. The molecule has 0 spiro atoms. The van der Waals surface area contributed by atoms with Crippen LogP contribution in [0.2, 0.25) is 0 Å². The number of esters is 1. The second-order valence-corrected chi connectivity index (χ2v) is 10.3. The van der Waals surface area contributed by atoms with E-state index >= 15 is 0 Å². The Morgan fingerprint density at radius 3 is 1.90 bits per heavy atom. The van der Waals surface area contributed by atoms with Crippen molar-refractivity contribution in [3.63, 3.8) is 0 Å². The number of piperidine rings is 1. The quantitative estimate of drug-likeness (QED) is 0.242. The van der Waals surface area contributed by atoms with Gasteiger partial charge in [0, 0.05) is 24.6 Å².